The second kappa shape index (κ2) is 7.22. The van der Waals surface area contributed by atoms with E-state index < -0.39 is 33.5 Å². The SMILES string of the molecule is CCCS(=O)(=O)NC(C)C(=O)NC1(CC(=O)O)CCCC1. The van der Waals surface area contributed by atoms with Crippen molar-refractivity contribution < 1.29 is 23.1 Å². The first-order valence-corrected chi connectivity index (χ1v) is 8.89. The van der Waals surface area contributed by atoms with Gasteiger partial charge in [-0.3, -0.25) is 9.59 Å². The smallest absolute Gasteiger partial charge is 0.305 e. The molecule has 7 nitrogen and oxygen atoms in total. The van der Waals surface area contributed by atoms with Crippen molar-refractivity contribution in [3.05, 3.63) is 0 Å². The fourth-order valence-corrected chi connectivity index (χ4v) is 4.01. The highest BCUT2D eigenvalue weighted by atomic mass is 32.2. The Hall–Kier alpha value is -1.15. The number of carboxylic acid groups (broad SMARTS) is 1. The lowest BCUT2D eigenvalue weighted by Crippen LogP contribution is -2.54. The minimum absolute atomic E-state index is 0.0368. The lowest BCUT2D eigenvalue weighted by Gasteiger charge is -2.30. The van der Waals surface area contributed by atoms with Crippen molar-refractivity contribution in [3.8, 4) is 0 Å². The maximum Gasteiger partial charge on any atom is 0.305 e. The standard InChI is InChI=1S/C13H24N2O5S/c1-3-8-21(19,20)15-10(2)12(18)14-13(9-11(16)17)6-4-5-7-13/h10,15H,3-9H2,1-2H3,(H,14,18)(H,16,17). The highest BCUT2D eigenvalue weighted by Gasteiger charge is 2.38. The van der Waals surface area contributed by atoms with E-state index in [-0.39, 0.29) is 12.2 Å². The summed E-state index contributed by atoms with van der Waals surface area (Å²) in [5.41, 5.74) is -0.743. The molecule has 0 aliphatic heterocycles. The lowest BCUT2D eigenvalue weighted by molar-refractivity contribution is -0.139. The molecule has 1 aliphatic rings. The molecule has 0 spiro atoms. The van der Waals surface area contributed by atoms with Crippen LogP contribution in [0.1, 0.15) is 52.4 Å². The quantitative estimate of drug-likeness (QED) is 0.606. The molecule has 1 amide bonds. The van der Waals surface area contributed by atoms with Crippen molar-refractivity contribution in [1.29, 1.82) is 0 Å². The molecule has 0 aromatic carbocycles. The minimum atomic E-state index is -3.48. The first-order chi connectivity index (χ1) is 9.70. The Morgan fingerprint density at radius 3 is 2.33 bits per heavy atom. The molecular weight excluding hydrogens is 296 g/mol. The molecule has 1 unspecified atom stereocenters. The molecule has 0 radical (unpaired) electrons. The van der Waals surface area contributed by atoms with E-state index in [0.29, 0.717) is 19.3 Å². The molecule has 1 aliphatic carbocycles. The van der Waals surface area contributed by atoms with Gasteiger partial charge in [0.25, 0.3) is 0 Å². The summed E-state index contributed by atoms with van der Waals surface area (Å²) in [4.78, 5) is 23.1. The number of aliphatic carboxylic acids is 1. The molecule has 0 saturated heterocycles. The van der Waals surface area contributed by atoms with Gasteiger partial charge in [0.05, 0.1) is 23.8 Å². The maximum atomic E-state index is 12.1. The van der Waals surface area contributed by atoms with Gasteiger partial charge in [-0.2, -0.15) is 0 Å². The van der Waals surface area contributed by atoms with Gasteiger partial charge in [-0.15, -0.1) is 0 Å². The molecule has 1 atom stereocenters. The highest BCUT2D eigenvalue weighted by molar-refractivity contribution is 7.89. The van der Waals surface area contributed by atoms with Crippen molar-refractivity contribution in [2.75, 3.05) is 5.75 Å². The molecule has 1 saturated carbocycles. The van der Waals surface area contributed by atoms with Crippen LogP contribution in [-0.4, -0.2) is 42.7 Å². The van der Waals surface area contributed by atoms with Gasteiger partial charge >= 0.3 is 5.97 Å². The zero-order valence-corrected chi connectivity index (χ0v) is 13.3. The van der Waals surface area contributed by atoms with Gasteiger partial charge in [-0.1, -0.05) is 19.8 Å². The van der Waals surface area contributed by atoms with E-state index in [1.807, 2.05) is 0 Å². The second-order valence-electron chi connectivity index (χ2n) is 5.71. The highest BCUT2D eigenvalue weighted by Crippen LogP contribution is 2.32. The van der Waals surface area contributed by atoms with Gasteiger partial charge in [-0.25, -0.2) is 13.1 Å². The summed E-state index contributed by atoms with van der Waals surface area (Å²) in [6, 6.07) is -0.909. The number of sulfonamides is 1. The Morgan fingerprint density at radius 2 is 1.86 bits per heavy atom. The third-order valence-electron chi connectivity index (χ3n) is 3.66. The number of carboxylic acids is 1. The van der Waals surface area contributed by atoms with Crippen LogP contribution in [0.15, 0.2) is 0 Å². The molecule has 0 bridgehead atoms. The number of amides is 1. The van der Waals surface area contributed by atoms with E-state index in [1.54, 1.807) is 6.92 Å². The summed E-state index contributed by atoms with van der Waals surface area (Å²) in [6.07, 6.45) is 3.28. The molecule has 3 N–H and O–H groups in total. The molecule has 1 fully saturated rings. The summed E-state index contributed by atoms with van der Waals surface area (Å²) in [7, 11) is -3.48. The molecule has 1 rings (SSSR count). The second-order valence-corrected chi connectivity index (χ2v) is 7.58. The van der Waals surface area contributed by atoms with Gasteiger partial charge in [-0.05, 0) is 26.2 Å². The van der Waals surface area contributed by atoms with Crippen LogP contribution in [0, 0.1) is 0 Å². The zero-order valence-electron chi connectivity index (χ0n) is 12.5. The lowest BCUT2D eigenvalue weighted by atomic mass is 9.93. The van der Waals surface area contributed by atoms with Gasteiger partial charge in [0.1, 0.15) is 0 Å². The van der Waals surface area contributed by atoms with E-state index in [0.717, 1.165) is 12.8 Å². The zero-order chi connectivity index (χ0) is 16.1. The monoisotopic (exact) mass is 320 g/mol. The molecule has 8 heteroatoms. The van der Waals surface area contributed by atoms with Crippen LogP contribution in [0.25, 0.3) is 0 Å². The molecule has 0 aromatic rings. The van der Waals surface area contributed by atoms with E-state index >= 15 is 0 Å². The Kier molecular flexibility index (Phi) is 6.15. The number of carbonyl (C=O) groups is 2. The fourth-order valence-electron chi connectivity index (χ4n) is 2.71. The molecular formula is C13H24N2O5S. The fraction of sp³-hybridized carbons (Fsp3) is 0.846. The summed E-state index contributed by atoms with van der Waals surface area (Å²) in [6.45, 7) is 3.20. The summed E-state index contributed by atoms with van der Waals surface area (Å²) < 4.78 is 25.6. The van der Waals surface area contributed by atoms with Crippen LogP contribution in [0.4, 0.5) is 0 Å². The molecule has 0 aromatic heterocycles. The van der Waals surface area contributed by atoms with Gasteiger partial charge in [0.15, 0.2) is 0 Å². The van der Waals surface area contributed by atoms with Gasteiger partial charge in [0, 0.05) is 0 Å². The largest absolute Gasteiger partial charge is 0.481 e. The first-order valence-electron chi connectivity index (χ1n) is 7.23. The number of hydrogen-bond donors (Lipinski definition) is 3. The Morgan fingerprint density at radius 1 is 1.29 bits per heavy atom. The van der Waals surface area contributed by atoms with Gasteiger partial charge in [0.2, 0.25) is 15.9 Å². The third-order valence-corrected chi connectivity index (χ3v) is 5.32. The predicted molar refractivity (Wildman–Crippen MR) is 78.3 cm³/mol. The van der Waals surface area contributed by atoms with Gasteiger partial charge < -0.3 is 10.4 Å². The Labute approximate surface area is 125 Å². The van der Waals surface area contributed by atoms with Crippen LogP contribution in [0.5, 0.6) is 0 Å². The van der Waals surface area contributed by atoms with Crippen molar-refractivity contribution in [3.63, 3.8) is 0 Å². The van der Waals surface area contributed by atoms with Crippen molar-refractivity contribution in [2.24, 2.45) is 0 Å². The Bertz CT molecular complexity index is 483. The van der Waals surface area contributed by atoms with Crippen LogP contribution in [-0.2, 0) is 19.6 Å². The number of hydrogen-bond acceptors (Lipinski definition) is 4. The topological polar surface area (TPSA) is 113 Å². The first kappa shape index (κ1) is 17.9. The van der Waals surface area contributed by atoms with Crippen LogP contribution in [0.3, 0.4) is 0 Å². The van der Waals surface area contributed by atoms with Crippen LogP contribution < -0.4 is 10.0 Å². The van der Waals surface area contributed by atoms with E-state index in [9.17, 15) is 18.0 Å². The maximum absolute atomic E-state index is 12.1. The van der Waals surface area contributed by atoms with Crippen molar-refractivity contribution in [2.45, 2.75) is 64.0 Å². The minimum Gasteiger partial charge on any atom is -0.481 e. The average molecular weight is 320 g/mol. The molecule has 21 heavy (non-hydrogen) atoms. The third kappa shape index (κ3) is 5.62. The summed E-state index contributed by atoms with van der Waals surface area (Å²) in [5.74, 6) is -1.47. The molecule has 122 valence electrons. The van der Waals surface area contributed by atoms with Crippen LogP contribution in [0.2, 0.25) is 0 Å². The van der Waals surface area contributed by atoms with Crippen molar-refractivity contribution >= 4 is 21.9 Å². The summed E-state index contributed by atoms with van der Waals surface area (Å²) >= 11 is 0. The number of nitrogens with one attached hydrogen (secondary N) is 2. The van der Waals surface area contributed by atoms with E-state index in [2.05, 4.69) is 10.0 Å². The average Bonchev–Trinajstić information content (AvgIpc) is 2.75. The van der Waals surface area contributed by atoms with E-state index in [1.165, 1.54) is 6.92 Å². The predicted octanol–water partition coefficient (Wildman–Crippen LogP) is 0.608. The molecule has 0 heterocycles. The Balaban J connectivity index is 2.67. The number of rotatable bonds is 8. The van der Waals surface area contributed by atoms with Crippen LogP contribution >= 0.6 is 0 Å². The normalized spacial score (nSPS) is 19.1. The summed E-state index contributed by atoms with van der Waals surface area (Å²) in [5, 5.41) is 11.7. The van der Waals surface area contributed by atoms with Crippen molar-refractivity contribution in [1.82, 2.24) is 10.0 Å². The number of carbonyl (C=O) groups excluding carboxylic acids is 1. The van der Waals surface area contributed by atoms with E-state index in [4.69, 9.17) is 5.11 Å².